The van der Waals surface area contributed by atoms with Crippen LogP contribution in [-0.2, 0) is 13.5 Å². The van der Waals surface area contributed by atoms with Crippen molar-refractivity contribution in [1.29, 1.82) is 0 Å². The van der Waals surface area contributed by atoms with Gasteiger partial charge in [-0.3, -0.25) is 4.68 Å². The molecule has 0 fully saturated rings. The molecule has 2 aromatic rings. The van der Waals surface area contributed by atoms with Crippen LogP contribution >= 0.6 is 0 Å². The van der Waals surface area contributed by atoms with Crippen LogP contribution < -0.4 is 5.32 Å². The fraction of sp³-hybridized carbons (Fsp3) is 0.500. The third-order valence-electron chi connectivity index (χ3n) is 4.08. The summed E-state index contributed by atoms with van der Waals surface area (Å²) >= 11 is 0. The summed E-state index contributed by atoms with van der Waals surface area (Å²) in [5.74, 6) is 0. The maximum Gasteiger partial charge on any atom is 0.0647 e. The minimum atomic E-state index is 0.223. The van der Waals surface area contributed by atoms with E-state index < -0.39 is 0 Å². The first-order valence-corrected chi connectivity index (χ1v) is 7.90. The fourth-order valence-electron chi connectivity index (χ4n) is 3.02. The quantitative estimate of drug-likeness (QED) is 0.877. The molecular weight excluding hydrogens is 258 g/mol. The zero-order chi connectivity index (χ0) is 15.4. The number of aryl methyl sites for hydroxylation is 3. The second-order valence-corrected chi connectivity index (χ2v) is 5.69. The first-order chi connectivity index (χ1) is 10.1. The highest BCUT2D eigenvalue weighted by Gasteiger charge is 2.21. The van der Waals surface area contributed by atoms with Gasteiger partial charge in [-0.25, -0.2) is 0 Å². The van der Waals surface area contributed by atoms with E-state index in [4.69, 9.17) is 0 Å². The molecule has 0 radical (unpaired) electrons. The third kappa shape index (κ3) is 3.35. The van der Waals surface area contributed by atoms with E-state index in [1.165, 1.54) is 28.8 Å². The summed E-state index contributed by atoms with van der Waals surface area (Å²) in [6.07, 6.45) is 2.32. The van der Waals surface area contributed by atoms with Gasteiger partial charge < -0.3 is 5.32 Å². The van der Waals surface area contributed by atoms with Crippen LogP contribution in [0.5, 0.6) is 0 Å². The number of nitrogens with one attached hydrogen (secondary N) is 1. The topological polar surface area (TPSA) is 29.9 Å². The van der Waals surface area contributed by atoms with Gasteiger partial charge in [-0.15, -0.1) is 0 Å². The van der Waals surface area contributed by atoms with Gasteiger partial charge in [0.2, 0.25) is 0 Å². The Hall–Kier alpha value is -1.61. The first-order valence-electron chi connectivity index (χ1n) is 7.90. The van der Waals surface area contributed by atoms with Gasteiger partial charge in [0.25, 0.3) is 0 Å². The predicted octanol–water partition coefficient (Wildman–Crippen LogP) is 3.69. The molecule has 114 valence electrons. The lowest BCUT2D eigenvalue weighted by Crippen LogP contribution is -2.23. The first kappa shape index (κ1) is 15.8. The molecule has 1 aromatic heterocycles. The van der Waals surface area contributed by atoms with Crippen molar-refractivity contribution in [2.45, 2.75) is 46.6 Å². The maximum absolute atomic E-state index is 4.57. The Morgan fingerprint density at radius 1 is 1.24 bits per heavy atom. The summed E-state index contributed by atoms with van der Waals surface area (Å²) in [7, 11) is 2.02. The highest BCUT2D eigenvalue weighted by atomic mass is 15.3. The van der Waals surface area contributed by atoms with E-state index in [9.17, 15) is 0 Å². The van der Waals surface area contributed by atoms with Gasteiger partial charge in [-0.1, -0.05) is 44.5 Å². The normalized spacial score (nSPS) is 12.6. The van der Waals surface area contributed by atoms with E-state index in [0.29, 0.717) is 0 Å². The summed E-state index contributed by atoms with van der Waals surface area (Å²) < 4.78 is 1.98. The largest absolute Gasteiger partial charge is 0.306 e. The number of benzene rings is 1. The van der Waals surface area contributed by atoms with Crippen molar-refractivity contribution in [3.05, 3.63) is 52.3 Å². The zero-order valence-electron chi connectivity index (χ0n) is 13.9. The minimum Gasteiger partial charge on any atom is -0.306 e. The van der Waals surface area contributed by atoms with Crippen molar-refractivity contribution in [2.24, 2.45) is 7.05 Å². The van der Waals surface area contributed by atoms with Crippen LogP contribution in [0.1, 0.15) is 54.4 Å². The molecule has 3 heteroatoms. The molecule has 1 atom stereocenters. The Labute approximate surface area is 128 Å². The summed E-state index contributed by atoms with van der Waals surface area (Å²) in [4.78, 5) is 0. The van der Waals surface area contributed by atoms with Crippen molar-refractivity contribution < 1.29 is 0 Å². The van der Waals surface area contributed by atoms with Crippen LogP contribution in [0.15, 0.2) is 24.3 Å². The molecule has 0 saturated heterocycles. The smallest absolute Gasteiger partial charge is 0.0647 e. The van der Waals surface area contributed by atoms with Crippen molar-refractivity contribution in [3.63, 3.8) is 0 Å². The summed E-state index contributed by atoms with van der Waals surface area (Å²) in [6.45, 7) is 9.57. The molecule has 3 nitrogen and oxygen atoms in total. The molecule has 0 bridgehead atoms. The average Bonchev–Trinajstić information content (AvgIpc) is 2.71. The lowest BCUT2D eigenvalue weighted by atomic mass is 9.94. The second kappa shape index (κ2) is 6.90. The summed E-state index contributed by atoms with van der Waals surface area (Å²) in [5, 5.41) is 8.20. The molecular formula is C18H27N3. The molecule has 2 rings (SSSR count). The van der Waals surface area contributed by atoms with Gasteiger partial charge in [0.1, 0.15) is 0 Å². The monoisotopic (exact) mass is 285 g/mol. The van der Waals surface area contributed by atoms with Crippen molar-refractivity contribution in [2.75, 3.05) is 6.54 Å². The van der Waals surface area contributed by atoms with Crippen LogP contribution in [0.4, 0.5) is 0 Å². The van der Waals surface area contributed by atoms with E-state index in [-0.39, 0.29) is 6.04 Å². The molecule has 1 unspecified atom stereocenters. The predicted molar refractivity (Wildman–Crippen MR) is 88.6 cm³/mol. The minimum absolute atomic E-state index is 0.223. The highest BCUT2D eigenvalue weighted by Crippen LogP contribution is 2.28. The van der Waals surface area contributed by atoms with E-state index in [1.54, 1.807) is 0 Å². The van der Waals surface area contributed by atoms with Crippen LogP contribution in [0.25, 0.3) is 0 Å². The number of nitrogens with zero attached hydrogens (tertiary/aromatic N) is 2. The summed E-state index contributed by atoms with van der Waals surface area (Å²) in [6, 6.07) is 9.17. The van der Waals surface area contributed by atoms with Crippen LogP contribution in [-0.4, -0.2) is 16.3 Å². The molecule has 21 heavy (non-hydrogen) atoms. The Kier molecular flexibility index (Phi) is 5.18. The lowest BCUT2D eigenvalue weighted by Gasteiger charge is -2.20. The third-order valence-corrected chi connectivity index (χ3v) is 4.08. The second-order valence-electron chi connectivity index (χ2n) is 5.69. The molecule has 0 aliphatic carbocycles. The van der Waals surface area contributed by atoms with Crippen molar-refractivity contribution in [3.8, 4) is 0 Å². The number of rotatable bonds is 6. The van der Waals surface area contributed by atoms with E-state index in [1.807, 2.05) is 11.7 Å². The zero-order valence-corrected chi connectivity index (χ0v) is 13.9. The molecule has 0 spiro atoms. The lowest BCUT2D eigenvalue weighted by molar-refractivity contribution is 0.622. The average molecular weight is 285 g/mol. The molecule has 0 aliphatic rings. The van der Waals surface area contributed by atoms with Crippen molar-refractivity contribution in [1.82, 2.24) is 15.1 Å². The number of hydrogen-bond acceptors (Lipinski definition) is 2. The number of aromatic nitrogens is 2. The molecule has 1 aromatic carbocycles. The molecule has 0 aliphatic heterocycles. The van der Waals surface area contributed by atoms with Gasteiger partial charge in [-0.2, -0.15) is 5.10 Å². The molecule has 1 heterocycles. The number of hydrogen-bond donors (Lipinski definition) is 1. The molecule has 0 amide bonds. The van der Waals surface area contributed by atoms with E-state index in [2.05, 4.69) is 62.4 Å². The SMILES string of the molecule is CCCc1cccc(C(NCC)c2c(C)nn(C)c2C)c1. The van der Waals surface area contributed by atoms with Gasteiger partial charge in [-0.05, 0) is 37.9 Å². The standard InChI is InChI=1S/C18H27N3/c1-6-9-15-10-8-11-16(12-15)18(19-7-2)17-13(3)20-21(5)14(17)4/h8,10-12,18-19H,6-7,9H2,1-5H3. The Morgan fingerprint density at radius 3 is 2.57 bits per heavy atom. The molecule has 0 saturated carbocycles. The van der Waals surface area contributed by atoms with Gasteiger partial charge >= 0.3 is 0 Å². The Morgan fingerprint density at radius 2 is 2.00 bits per heavy atom. The fourth-order valence-corrected chi connectivity index (χ4v) is 3.02. The van der Waals surface area contributed by atoms with Gasteiger partial charge in [0, 0.05) is 18.3 Å². The molecule has 1 N–H and O–H groups in total. The Bertz CT molecular complexity index is 599. The van der Waals surface area contributed by atoms with E-state index in [0.717, 1.165) is 18.7 Å². The van der Waals surface area contributed by atoms with Crippen LogP contribution in [0, 0.1) is 13.8 Å². The van der Waals surface area contributed by atoms with Crippen molar-refractivity contribution >= 4 is 0 Å². The highest BCUT2D eigenvalue weighted by molar-refractivity contribution is 5.38. The van der Waals surface area contributed by atoms with Gasteiger partial charge in [0.05, 0.1) is 11.7 Å². The van der Waals surface area contributed by atoms with Crippen LogP contribution in [0.3, 0.4) is 0 Å². The van der Waals surface area contributed by atoms with Gasteiger partial charge in [0.15, 0.2) is 0 Å². The van der Waals surface area contributed by atoms with Crippen LogP contribution in [0.2, 0.25) is 0 Å². The Balaban J connectivity index is 2.45. The summed E-state index contributed by atoms with van der Waals surface area (Å²) in [5.41, 5.74) is 6.41. The van der Waals surface area contributed by atoms with E-state index >= 15 is 0 Å². The maximum atomic E-state index is 4.57.